The Balaban J connectivity index is 1.56. The molecule has 0 unspecified atom stereocenters. The zero-order valence-electron chi connectivity index (χ0n) is 13.3. The van der Waals surface area contributed by atoms with Crippen LogP contribution in [0.3, 0.4) is 0 Å². The van der Waals surface area contributed by atoms with E-state index in [0.29, 0.717) is 16.9 Å². The number of thioether (sulfide) groups is 1. The quantitative estimate of drug-likeness (QED) is 0.449. The van der Waals surface area contributed by atoms with E-state index in [4.69, 9.17) is 5.84 Å². The number of aryl methyl sites for hydroxylation is 2. The molecule has 0 saturated carbocycles. The lowest BCUT2D eigenvalue weighted by molar-refractivity contribution is 0.727. The Morgan fingerprint density at radius 3 is 2.83 bits per heavy atom. The van der Waals surface area contributed by atoms with Gasteiger partial charge in [-0.1, -0.05) is 17.8 Å². The topological polar surface area (TPSA) is 91.9 Å². The molecule has 4 heterocycles. The molecule has 0 aliphatic rings. The van der Waals surface area contributed by atoms with Crippen LogP contribution in [0.15, 0.2) is 41.8 Å². The van der Waals surface area contributed by atoms with Gasteiger partial charge in [0, 0.05) is 23.8 Å². The monoisotopic (exact) mass is 340 g/mol. The molecule has 0 radical (unpaired) electrons. The lowest BCUT2D eigenvalue weighted by Gasteiger charge is -2.04. The van der Waals surface area contributed by atoms with Gasteiger partial charge >= 0.3 is 0 Å². The predicted molar refractivity (Wildman–Crippen MR) is 91.5 cm³/mol. The Hall–Kier alpha value is -2.81. The van der Waals surface area contributed by atoms with Gasteiger partial charge in [0.05, 0.1) is 11.4 Å². The van der Waals surface area contributed by atoms with Crippen molar-refractivity contribution in [3.8, 4) is 5.95 Å². The lowest BCUT2D eigenvalue weighted by atomic mass is 10.4. The van der Waals surface area contributed by atoms with E-state index in [9.17, 15) is 0 Å². The Kier molecular flexibility index (Phi) is 3.49. The van der Waals surface area contributed by atoms with E-state index < -0.39 is 0 Å². The molecule has 122 valence electrons. The van der Waals surface area contributed by atoms with Crippen molar-refractivity contribution < 1.29 is 0 Å². The van der Waals surface area contributed by atoms with Crippen LogP contribution >= 0.6 is 11.8 Å². The second-order valence-electron chi connectivity index (χ2n) is 5.48. The highest BCUT2D eigenvalue weighted by atomic mass is 32.2. The maximum Gasteiger partial charge on any atom is 0.271 e. The Bertz CT molecular complexity index is 979. The number of rotatable bonds is 4. The van der Waals surface area contributed by atoms with Crippen LogP contribution < -0.4 is 5.84 Å². The molecule has 0 spiro atoms. The molecule has 0 bridgehead atoms. The van der Waals surface area contributed by atoms with Gasteiger partial charge in [-0.05, 0) is 32.0 Å². The van der Waals surface area contributed by atoms with Crippen LogP contribution in [-0.4, -0.2) is 34.0 Å². The molecule has 24 heavy (non-hydrogen) atoms. The van der Waals surface area contributed by atoms with Crippen LogP contribution in [0.1, 0.15) is 17.1 Å². The fourth-order valence-electron chi connectivity index (χ4n) is 2.54. The molecule has 0 amide bonds. The molecule has 0 saturated heterocycles. The van der Waals surface area contributed by atoms with E-state index in [-0.39, 0.29) is 0 Å². The van der Waals surface area contributed by atoms with E-state index in [1.165, 1.54) is 16.4 Å². The molecule has 0 aliphatic carbocycles. The highest BCUT2D eigenvalue weighted by Crippen LogP contribution is 2.21. The number of aromatic nitrogens is 7. The fourth-order valence-corrected chi connectivity index (χ4v) is 3.27. The zero-order valence-corrected chi connectivity index (χ0v) is 14.1. The van der Waals surface area contributed by atoms with Crippen molar-refractivity contribution in [1.82, 2.24) is 34.0 Å². The number of pyridine rings is 1. The molecular weight excluding hydrogens is 324 g/mol. The molecule has 4 aromatic rings. The first-order chi connectivity index (χ1) is 11.6. The van der Waals surface area contributed by atoms with Gasteiger partial charge in [-0.3, -0.25) is 0 Å². The van der Waals surface area contributed by atoms with E-state index in [0.717, 1.165) is 22.7 Å². The van der Waals surface area contributed by atoms with Gasteiger partial charge in [0.15, 0.2) is 0 Å². The number of imidazole rings is 1. The first kappa shape index (κ1) is 14.8. The second kappa shape index (κ2) is 5.68. The number of hydrogen-bond acceptors (Lipinski definition) is 6. The number of nitrogens with zero attached hydrogens (tertiary/aromatic N) is 7. The van der Waals surface area contributed by atoms with Crippen molar-refractivity contribution >= 4 is 17.4 Å². The van der Waals surface area contributed by atoms with Crippen molar-refractivity contribution in [3.63, 3.8) is 0 Å². The molecule has 4 aromatic heterocycles. The molecule has 0 atom stereocenters. The standard InChI is InChI=1S/C15H16N8S/c1-10-7-11(2)23(20-10)14-18-19-15(22(14)16)24-9-12-8-21-6-4-3-5-13(21)17-12/h3-8H,9,16H2,1-2H3. The summed E-state index contributed by atoms with van der Waals surface area (Å²) in [6.07, 6.45) is 3.98. The molecule has 9 heteroatoms. The number of fused-ring (bicyclic) bond motifs is 1. The summed E-state index contributed by atoms with van der Waals surface area (Å²) in [5.41, 5.74) is 3.76. The van der Waals surface area contributed by atoms with Crippen molar-refractivity contribution in [2.24, 2.45) is 0 Å². The van der Waals surface area contributed by atoms with Gasteiger partial charge in [-0.15, -0.1) is 10.2 Å². The minimum Gasteiger partial charge on any atom is -0.334 e. The van der Waals surface area contributed by atoms with Crippen molar-refractivity contribution in [1.29, 1.82) is 0 Å². The number of nitrogens with two attached hydrogens (primary N) is 1. The molecule has 0 fully saturated rings. The summed E-state index contributed by atoms with van der Waals surface area (Å²) in [6.45, 7) is 3.89. The SMILES string of the molecule is Cc1cc(C)n(-c2nnc(SCc3cn4ccccc4n3)n2N)n1. The highest BCUT2D eigenvalue weighted by molar-refractivity contribution is 7.98. The van der Waals surface area contributed by atoms with Crippen LogP contribution in [0.5, 0.6) is 0 Å². The Morgan fingerprint density at radius 2 is 2.08 bits per heavy atom. The highest BCUT2D eigenvalue weighted by Gasteiger charge is 2.15. The first-order valence-electron chi connectivity index (χ1n) is 7.41. The summed E-state index contributed by atoms with van der Waals surface area (Å²) >= 11 is 1.49. The van der Waals surface area contributed by atoms with E-state index in [1.807, 2.05) is 54.9 Å². The van der Waals surface area contributed by atoms with E-state index >= 15 is 0 Å². The summed E-state index contributed by atoms with van der Waals surface area (Å²) in [6, 6.07) is 7.89. The molecule has 2 N–H and O–H groups in total. The summed E-state index contributed by atoms with van der Waals surface area (Å²) in [4.78, 5) is 4.57. The number of nitrogen functional groups attached to an aromatic ring is 1. The third kappa shape index (κ3) is 2.52. The third-order valence-electron chi connectivity index (χ3n) is 3.61. The number of hydrogen-bond donors (Lipinski definition) is 1. The second-order valence-corrected chi connectivity index (χ2v) is 6.42. The molecule has 8 nitrogen and oxygen atoms in total. The van der Waals surface area contributed by atoms with Gasteiger partial charge in [0.25, 0.3) is 5.95 Å². The maximum absolute atomic E-state index is 6.14. The smallest absolute Gasteiger partial charge is 0.271 e. The van der Waals surface area contributed by atoms with Crippen molar-refractivity contribution in [3.05, 3.63) is 53.7 Å². The Labute approximate surface area is 142 Å². The van der Waals surface area contributed by atoms with Gasteiger partial charge < -0.3 is 10.2 Å². The lowest BCUT2D eigenvalue weighted by Crippen LogP contribution is -2.17. The van der Waals surface area contributed by atoms with Gasteiger partial charge in [0.2, 0.25) is 5.16 Å². The predicted octanol–water partition coefficient (Wildman–Crippen LogP) is 1.73. The van der Waals surface area contributed by atoms with Gasteiger partial charge in [-0.25, -0.2) is 14.3 Å². The fraction of sp³-hybridized carbons (Fsp3) is 0.200. The summed E-state index contributed by atoms with van der Waals surface area (Å²) in [7, 11) is 0. The van der Waals surface area contributed by atoms with Crippen LogP contribution in [0.4, 0.5) is 0 Å². The van der Waals surface area contributed by atoms with Crippen molar-refractivity contribution in [2.75, 3.05) is 5.84 Å². The minimum absolute atomic E-state index is 0.498. The minimum atomic E-state index is 0.498. The molecular formula is C15H16N8S. The van der Waals surface area contributed by atoms with Crippen LogP contribution in [-0.2, 0) is 5.75 Å². The first-order valence-corrected chi connectivity index (χ1v) is 8.40. The van der Waals surface area contributed by atoms with Gasteiger partial charge in [-0.2, -0.15) is 5.10 Å². The Morgan fingerprint density at radius 1 is 1.21 bits per heavy atom. The third-order valence-corrected chi connectivity index (χ3v) is 4.59. The molecule has 4 rings (SSSR count). The normalized spacial score (nSPS) is 11.4. The largest absolute Gasteiger partial charge is 0.334 e. The maximum atomic E-state index is 6.14. The summed E-state index contributed by atoms with van der Waals surface area (Å²) < 4.78 is 5.14. The summed E-state index contributed by atoms with van der Waals surface area (Å²) in [5, 5.41) is 13.3. The molecule has 0 aliphatic heterocycles. The van der Waals surface area contributed by atoms with Crippen LogP contribution in [0, 0.1) is 13.8 Å². The average Bonchev–Trinajstić information content (AvgIpc) is 3.22. The van der Waals surface area contributed by atoms with Gasteiger partial charge in [0.1, 0.15) is 5.65 Å². The van der Waals surface area contributed by atoms with E-state index in [2.05, 4.69) is 20.3 Å². The average molecular weight is 340 g/mol. The zero-order chi connectivity index (χ0) is 16.7. The van der Waals surface area contributed by atoms with E-state index in [1.54, 1.807) is 4.68 Å². The van der Waals surface area contributed by atoms with Crippen LogP contribution in [0.2, 0.25) is 0 Å². The van der Waals surface area contributed by atoms with Crippen molar-refractivity contribution in [2.45, 2.75) is 24.8 Å². The molecule has 0 aromatic carbocycles. The summed E-state index contributed by atoms with van der Waals surface area (Å²) in [5.74, 6) is 7.30. The van der Waals surface area contributed by atoms with Crippen LogP contribution in [0.25, 0.3) is 11.6 Å².